The summed E-state index contributed by atoms with van der Waals surface area (Å²) >= 11 is 0. The molecule has 0 atom stereocenters. The standard InChI is InChI=1S/C13H18F3NO3/c1-18-6-5-17-10-11-3-2-4-12(9-11)19-7-8-20-13(14,15)16/h2-4,9,17H,5-8,10H2,1H3. The summed E-state index contributed by atoms with van der Waals surface area (Å²) < 4.78 is 49.0. The van der Waals surface area contributed by atoms with E-state index in [0.717, 1.165) is 12.1 Å². The Bertz CT molecular complexity index is 385. The Labute approximate surface area is 115 Å². The molecule has 0 amide bonds. The summed E-state index contributed by atoms with van der Waals surface area (Å²) in [5, 5.41) is 3.16. The number of alkyl halides is 3. The van der Waals surface area contributed by atoms with Crippen molar-refractivity contribution in [1.82, 2.24) is 5.32 Å². The number of hydrogen-bond donors (Lipinski definition) is 1. The van der Waals surface area contributed by atoms with Gasteiger partial charge in [0.05, 0.1) is 13.2 Å². The zero-order chi connectivity index (χ0) is 14.8. The predicted octanol–water partition coefficient (Wildman–Crippen LogP) is 2.34. The van der Waals surface area contributed by atoms with Crippen molar-refractivity contribution in [2.75, 3.05) is 33.5 Å². The lowest BCUT2D eigenvalue weighted by Gasteiger charge is -2.10. The molecule has 1 N–H and O–H groups in total. The highest BCUT2D eigenvalue weighted by Crippen LogP contribution is 2.16. The van der Waals surface area contributed by atoms with E-state index in [9.17, 15) is 13.2 Å². The minimum Gasteiger partial charge on any atom is -0.491 e. The van der Waals surface area contributed by atoms with Gasteiger partial charge in [-0.3, -0.25) is 4.74 Å². The Morgan fingerprint density at radius 2 is 1.95 bits per heavy atom. The number of rotatable bonds is 9. The van der Waals surface area contributed by atoms with E-state index in [1.54, 1.807) is 25.3 Å². The summed E-state index contributed by atoms with van der Waals surface area (Å²) in [6.07, 6.45) is -4.61. The monoisotopic (exact) mass is 293 g/mol. The molecule has 1 rings (SSSR count). The third-order valence-corrected chi connectivity index (χ3v) is 2.33. The highest BCUT2D eigenvalue weighted by molar-refractivity contribution is 5.28. The van der Waals surface area contributed by atoms with E-state index in [1.807, 2.05) is 6.07 Å². The van der Waals surface area contributed by atoms with Gasteiger partial charge in [0.25, 0.3) is 0 Å². The van der Waals surface area contributed by atoms with Crippen LogP contribution in [0.15, 0.2) is 24.3 Å². The largest absolute Gasteiger partial charge is 0.522 e. The van der Waals surface area contributed by atoms with Crippen molar-refractivity contribution in [3.63, 3.8) is 0 Å². The maximum absolute atomic E-state index is 11.8. The van der Waals surface area contributed by atoms with Crippen LogP contribution in [-0.4, -0.2) is 39.8 Å². The summed E-state index contributed by atoms with van der Waals surface area (Å²) in [5.74, 6) is 0.516. The molecule has 1 aromatic rings. The van der Waals surface area contributed by atoms with Crippen molar-refractivity contribution in [2.24, 2.45) is 0 Å². The molecular formula is C13H18F3NO3. The van der Waals surface area contributed by atoms with Gasteiger partial charge in [-0.15, -0.1) is 13.2 Å². The van der Waals surface area contributed by atoms with Crippen molar-refractivity contribution in [3.05, 3.63) is 29.8 Å². The molecule has 0 bridgehead atoms. The molecule has 114 valence electrons. The molecule has 0 spiro atoms. The van der Waals surface area contributed by atoms with Gasteiger partial charge < -0.3 is 14.8 Å². The van der Waals surface area contributed by atoms with E-state index < -0.39 is 13.0 Å². The van der Waals surface area contributed by atoms with E-state index in [4.69, 9.17) is 9.47 Å². The Morgan fingerprint density at radius 3 is 2.65 bits per heavy atom. The lowest BCUT2D eigenvalue weighted by atomic mass is 10.2. The summed E-state index contributed by atoms with van der Waals surface area (Å²) in [6.45, 7) is 1.30. The normalized spacial score (nSPS) is 11.6. The molecular weight excluding hydrogens is 275 g/mol. The number of nitrogens with one attached hydrogen (secondary N) is 1. The molecule has 0 radical (unpaired) electrons. The highest BCUT2D eigenvalue weighted by Gasteiger charge is 2.28. The van der Waals surface area contributed by atoms with Crippen molar-refractivity contribution in [2.45, 2.75) is 12.9 Å². The van der Waals surface area contributed by atoms with Gasteiger partial charge in [-0.25, -0.2) is 0 Å². The zero-order valence-corrected chi connectivity index (χ0v) is 11.2. The molecule has 0 heterocycles. The maximum atomic E-state index is 11.8. The number of benzene rings is 1. The van der Waals surface area contributed by atoms with Gasteiger partial charge in [-0.2, -0.15) is 0 Å². The van der Waals surface area contributed by atoms with Crippen LogP contribution in [0.3, 0.4) is 0 Å². The SMILES string of the molecule is COCCNCc1cccc(OCCOC(F)(F)F)c1. The maximum Gasteiger partial charge on any atom is 0.522 e. The fraction of sp³-hybridized carbons (Fsp3) is 0.538. The number of methoxy groups -OCH3 is 1. The molecule has 0 saturated heterocycles. The summed E-state index contributed by atoms with van der Waals surface area (Å²) in [4.78, 5) is 0. The van der Waals surface area contributed by atoms with E-state index >= 15 is 0 Å². The van der Waals surface area contributed by atoms with Crippen LogP contribution >= 0.6 is 0 Å². The lowest BCUT2D eigenvalue weighted by Crippen LogP contribution is -2.19. The fourth-order valence-electron chi connectivity index (χ4n) is 1.47. The quantitative estimate of drug-likeness (QED) is 0.709. The molecule has 0 fully saturated rings. The van der Waals surface area contributed by atoms with Crippen LogP contribution in [-0.2, 0) is 16.0 Å². The molecule has 0 aromatic heterocycles. The van der Waals surface area contributed by atoms with Gasteiger partial charge in [-0.05, 0) is 17.7 Å². The summed E-state index contributed by atoms with van der Waals surface area (Å²) in [5.41, 5.74) is 0.982. The third kappa shape index (κ3) is 7.98. The van der Waals surface area contributed by atoms with Crippen LogP contribution in [0.25, 0.3) is 0 Å². The molecule has 7 heteroatoms. The smallest absolute Gasteiger partial charge is 0.491 e. The van der Waals surface area contributed by atoms with Gasteiger partial charge in [-0.1, -0.05) is 12.1 Å². The van der Waals surface area contributed by atoms with Crippen molar-refractivity contribution >= 4 is 0 Å². The molecule has 0 unspecified atom stereocenters. The molecule has 4 nitrogen and oxygen atoms in total. The summed E-state index contributed by atoms with van der Waals surface area (Å²) in [7, 11) is 1.62. The first-order chi connectivity index (χ1) is 9.51. The van der Waals surface area contributed by atoms with Crippen LogP contribution in [0.5, 0.6) is 5.75 Å². The van der Waals surface area contributed by atoms with Crippen molar-refractivity contribution < 1.29 is 27.4 Å². The second-order valence-electron chi connectivity index (χ2n) is 3.96. The highest BCUT2D eigenvalue weighted by atomic mass is 19.4. The first kappa shape index (κ1) is 16.7. The Hall–Kier alpha value is -1.31. The van der Waals surface area contributed by atoms with Gasteiger partial charge >= 0.3 is 6.36 Å². The van der Waals surface area contributed by atoms with Gasteiger partial charge in [0.1, 0.15) is 12.4 Å². The number of halogens is 3. The third-order valence-electron chi connectivity index (χ3n) is 2.33. The first-order valence-electron chi connectivity index (χ1n) is 6.13. The first-order valence-corrected chi connectivity index (χ1v) is 6.13. The van der Waals surface area contributed by atoms with E-state index in [-0.39, 0.29) is 6.61 Å². The molecule has 1 aromatic carbocycles. The molecule has 0 aliphatic rings. The molecule has 0 aliphatic carbocycles. The number of ether oxygens (including phenoxy) is 3. The second kappa shape index (κ2) is 8.78. The van der Waals surface area contributed by atoms with Crippen LogP contribution in [0, 0.1) is 0 Å². The van der Waals surface area contributed by atoms with Crippen LogP contribution in [0.2, 0.25) is 0 Å². The van der Waals surface area contributed by atoms with Crippen LogP contribution in [0.4, 0.5) is 13.2 Å². The van der Waals surface area contributed by atoms with Gasteiger partial charge in [0, 0.05) is 20.2 Å². The Balaban J connectivity index is 2.28. The minimum atomic E-state index is -4.61. The van der Waals surface area contributed by atoms with Crippen LogP contribution < -0.4 is 10.1 Å². The van der Waals surface area contributed by atoms with E-state index in [2.05, 4.69) is 10.1 Å². The van der Waals surface area contributed by atoms with Crippen LogP contribution in [0.1, 0.15) is 5.56 Å². The molecule has 0 aliphatic heterocycles. The van der Waals surface area contributed by atoms with E-state index in [1.165, 1.54) is 0 Å². The molecule has 0 saturated carbocycles. The van der Waals surface area contributed by atoms with Crippen molar-refractivity contribution in [3.8, 4) is 5.75 Å². The second-order valence-corrected chi connectivity index (χ2v) is 3.96. The lowest BCUT2D eigenvalue weighted by molar-refractivity contribution is -0.325. The number of hydrogen-bond acceptors (Lipinski definition) is 4. The van der Waals surface area contributed by atoms with Crippen molar-refractivity contribution in [1.29, 1.82) is 0 Å². The van der Waals surface area contributed by atoms with E-state index in [0.29, 0.717) is 18.9 Å². The Kier molecular flexibility index (Phi) is 7.35. The minimum absolute atomic E-state index is 0.153. The summed E-state index contributed by atoms with van der Waals surface area (Å²) in [6, 6.07) is 7.14. The Morgan fingerprint density at radius 1 is 1.15 bits per heavy atom. The zero-order valence-electron chi connectivity index (χ0n) is 11.2. The molecule has 20 heavy (non-hydrogen) atoms. The average molecular weight is 293 g/mol. The van der Waals surface area contributed by atoms with Gasteiger partial charge in [0.2, 0.25) is 0 Å². The average Bonchev–Trinajstić information content (AvgIpc) is 2.39. The fourth-order valence-corrected chi connectivity index (χ4v) is 1.47. The predicted molar refractivity (Wildman–Crippen MR) is 67.5 cm³/mol. The van der Waals surface area contributed by atoms with Gasteiger partial charge in [0.15, 0.2) is 0 Å². The topological polar surface area (TPSA) is 39.7 Å².